The van der Waals surface area contributed by atoms with Gasteiger partial charge in [0.25, 0.3) is 0 Å². The predicted molar refractivity (Wildman–Crippen MR) is 72.7 cm³/mol. The summed E-state index contributed by atoms with van der Waals surface area (Å²) >= 11 is 3.31. The molecule has 1 aromatic heterocycles. The summed E-state index contributed by atoms with van der Waals surface area (Å²) in [6.45, 7) is 1.25. The van der Waals surface area contributed by atoms with Crippen LogP contribution in [-0.2, 0) is 11.5 Å². The van der Waals surface area contributed by atoms with Gasteiger partial charge in [0, 0.05) is 5.75 Å². The molecule has 0 unspecified atom stereocenters. The van der Waals surface area contributed by atoms with Crippen molar-refractivity contribution in [1.82, 2.24) is 9.78 Å². The Morgan fingerprint density at radius 3 is 2.62 bits per heavy atom. The van der Waals surface area contributed by atoms with E-state index in [1.54, 1.807) is 11.8 Å². The van der Waals surface area contributed by atoms with Gasteiger partial charge in [-0.1, -0.05) is 0 Å². The summed E-state index contributed by atoms with van der Waals surface area (Å²) in [7, 11) is 1.15. The summed E-state index contributed by atoms with van der Waals surface area (Å²) in [5.74, 6) is 1.84. The molecule has 0 fully saturated rings. The Hall–Kier alpha value is -0.200. The summed E-state index contributed by atoms with van der Waals surface area (Å²) in [5.41, 5.74) is 0. The predicted octanol–water partition coefficient (Wildman–Crippen LogP) is 2.32. The van der Waals surface area contributed by atoms with Gasteiger partial charge >= 0.3 is 0 Å². The van der Waals surface area contributed by atoms with E-state index >= 15 is 0 Å². The fourth-order valence-corrected chi connectivity index (χ4v) is 2.14. The van der Waals surface area contributed by atoms with Crippen molar-refractivity contribution in [3.8, 4) is 5.75 Å². The minimum absolute atomic E-state index is 0.470. The molecule has 0 aliphatic heterocycles. The highest BCUT2D eigenvalue weighted by Gasteiger charge is 2.06. The van der Waals surface area contributed by atoms with Gasteiger partial charge in [0.2, 0.25) is 0 Å². The van der Waals surface area contributed by atoms with E-state index in [1.807, 2.05) is 6.20 Å². The molecule has 0 atom stereocenters. The zero-order chi connectivity index (χ0) is 12.2. The molecule has 0 aromatic carbocycles. The normalized spacial score (nSPS) is 12.8. The minimum Gasteiger partial charge on any atom is -0.492 e. The highest BCUT2D eigenvalue weighted by molar-refractivity contribution is 9.10. The highest BCUT2D eigenvalue weighted by atomic mass is 79.9. The quantitative estimate of drug-likeness (QED) is 0.757. The summed E-state index contributed by atoms with van der Waals surface area (Å²) < 4.78 is 13.1. The number of hydrogen-bond donors (Lipinski definition) is 0. The maximum absolute atomic E-state index is 5.55. The molecule has 0 bridgehead atoms. The number of nitrogens with zero attached hydrogens (tertiary/aromatic N) is 2. The molecule has 0 aliphatic carbocycles. The van der Waals surface area contributed by atoms with Crippen LogP contribution in [0, 0.1) is 0 Å². The molecular formula is C10H19BrN2O2S. The molecule has 0 N–H and O–H groups in total. The van der Waals surface area contributed by atoms with Crippen LogP contribution < -0.4 is 4.74 Å². The lowest BCUT2D eigenvalue weighted by Gasteiger charge is -2.24. The van der Waals surface area contributed by atoms with Gasteiger partial charge in [-0.3, -0.25) is 0 Å². The van der Waals surface area contributed by atoms with E-state index in [1.165, 1.54) is 0 Å². The highest BCUT2D eigenvalue weighted by Crippen LogP contribution is 2.33. The van der Waals surface area contributed by atoms with Crippen LogP contribution in [-0.4, -0.2) is 48.0 Å². The summed E-state index contributed by atoms with van der Waals surface area (Å²) in [6.07, 6.45) is 8.66. The van der Waals surface area contributed by atoms with Crippen molar-refractivity contribution in [3.63, 3.8) is 0 Å². The van der Waals surface area contributed by atoms with Crippen LogP contribution in [0.2, 0.25) is 0 Å². The fourth-order valence-electron chi connectivity index (χ4n) is 1.05. The van der Waals surface area contributed by atoms with Gasteiger partial charge < -0.3 is 9.47 Å². The van der Waals surface area contributed by atoms with Gasteiger partial charge in [0.05, 0.1) is 19.9 Å². The SMILES string of the molecule is COc1cn(COCCS(C)(C)C)nc1Br. The smallest absolute Gasteiger partial charge is 0.171 e. The second kappa shape index (κ2) is 5.93. The second-order valence-electron chi connectivity index (χ2n) is 4.36. The zero-order valence-corrected chi connectivity index (χ0v) is 12.6. The third-order valence-corrected chi connectivity index (χ3v) is 3.91. The molecular weight excluding hydrogens is 292 g/mol. The van der Waals surface area contributed by atoms with E-state index in [-0.39, 0.29) is 0 Å². The van der Waals surface area contributed by atoms with Crippen molar-refractivity contribution in [3.05, 3.63) is 10.8 Å². The first-order chi connectivity index (χ1) is 7.42. The first-order valence-corrected chi connectivity index (χ1v) is 8.75. The lowest BCUT2D eigenvalue weighted by Crippen LogP contribution is -2.10. The van der Waals surface area contributed by atoms with Crippen molar-refractivity contribution in [2.45, 2.75) is 6.73 Å². The molecule has 1 heterocycles. The van der Waals surface area contributed by atoms with Crippen LogP contribution in [0.4, 0.5) is 0 Å². The van der Waals surface area contributed by atoms with E-state index in [4.69, 9.17) is 9.47 Å². The number of aromatic nitrogens is 2. The molecule has 0 amide bonds. The number of rotatable bonds is 6. The Morgan fingerprint density at radius 2 is 2.12 bits per heavy atom. The van der Waals surface area contributed by atoms with Crippen molar-refractivity contribution in [1.29, 1.82) is 0 Å². The molecule has 0 aliphatic rings. The lowest BCUT2D eigenvalue weighted by molar-refractivity contribution is 0.0805. The standard InChI is InChI=1S/C10H19BrN2O2S/c1-14-9-7-13(12-10(9)11)8-15-5-6-16(2,3)4/h7H,5-6,8H2,1-4H3. The fraction of sp³-hybridized carbons (Fsp3) is 0.700. The maximum Gasteiger partial charge on any atom is 0.171 e. The summed E-state index contributed by atoms with van der Waals surface area (Å²) in [4.78, 5) is 0. The topological polar surface area (TPSA) is 36.3 Å². The van der Waals surface area contributed by atoms with E-state index in [0.29, 0.717) is 11.3 Å². The van der Waals surface area contributed by atoms with Gasteiger partial charge in [-0.05, 0) is 34.7 Å². The largest absolute Gasteiger partial charge is 0.492 e. The van der Waals surface area contributed by atoms with Gasteiger partial charge in [-0.25, -0.2) is 14.7 Å². The van der Waals surface area contributed by atoms with Gasteiger partial charge in [-0.2, -0.15) is 5.10 Å². The lowest BCUT2D eigenvalue weighted by atomic mass is 10.7. The Kier molecular flexibility index (Phi) is 5.14. The third kappa shape index (κ3) is 4.76. The zero-order valence-electron chi connectivity index (χ0n) is 10.2. The van der Waals surface area contributed by atoms with Crippen molar-refractivity contribution in [2.24, 2.45) is 0 Å². The average Bonchev–Trinajstić information content (AvgIpc) is 2.52. The molecule has 1 rings (SSSR count). The van der Waals surface area contributed by atoms with Gasteiger partial charge in [-0.15, -0.1) is 0 Å². The summed E-state index contributed by atoms with van der Waals surface area (Å²) in [6, 6.07) is 0. The molecule has 16 heavy (non-hydrogen) atoms. The van der Waals surface area contributed by atoms with Crippen molar-refractivity contribution < 1.29 is 9.47 Å². The van der Waals surface area contributed by atoms with Crippen LogP contribution in [0.15, 0.2) is 10.8 Å². The van der Waals surface area contributed by atoms with Crippen LogP contribution in [0.25, 0.3) is 0 Å². The molecule has 0 saturated carbocycles. The van der Waals surface area contributed by atoms with E-state index in [2.05, 4.69) is 39.8 Å². The van der Waals surface area contributed by atoms with E-state index in [0.717, 1.165) is 18.1 Å². The molecule has 6 heteroatoms. The van der Waals surface area contributed by atoms with Crippen molar-refractivity contribution >= 4 is 26.0 Å². The first-order valence-electron chi connectivity index (χ1n) is 4.93. The molecule has 0 radical (unpaired) electrons. The second-order valence-corrected chi connectivity index (χ2v) is 9.70. The van der Waals surface area contributed by atoms with Gasteiger partial charge in [0.1, 0.15) is 6.73 Å². The van der Waals surface area contributed by atoms with Crippen molar-refractivity contribution in [2.75, 3.05) is 38.2 Å². The van der Waals surface area contributed by atoms with E-state index < -0.39 is 10.0 Å². The molecule has 1 aromatic rings. The van der Waals surface area contributed by atoms with Gasteiger partial charge in [0.15, 0.2) is 10.4 Å². The monoisotopic (exact) mass is 310 g/mol. The number of ether oxygens (including phenoxy) is 2. The van der Waals surface area contributed by atoms with Crippen LogP contribution in [0.1, 0.15) is 0 Å². The first kappa shape index (κ1) is 13.9. The maximum atomic E-state index is 5.55. The number of methoxy groups -OCH3 is 1. The Morgan fingerprint density at radius 1 is 1.44 bits per heavy atom. The molecule has 0 saturated heterocycles. The summed E-state index contributed by atoms with van der Waals surface area (Å²) in [5, 5.41) is 4.21. The number of hydrogen-bond acceptors (Lipinski definition) is 3. The molecule has 0 spiro atoms. The third-order valence-electron chi connectivity index (χ3n) is 1.97. The average molecular weight is 311 g/mol. The Labute approximate surface area is 107 Å². The minimum atomic E-state index is -0.475. The Bertz CT molecular complexity index is 336. The number of halogens is 1. The van der Waals surface area contributed by atoms with Crippen LogP contribution in [0.3, 0.4) is 0 Å². The molecule has 94 valence electrons. The molecule has 4 nitrogen and oxygen atoms in total. The van der Waals surface area contributed by atoms with Crippen LogP contribution >= 0.6 is 26.0 Å². The Balaban J connectivity index is 2.32. The van der Waals surface area contributed by atoms with E-state index in [9.17, 15) is 0 Å². The van der Waals surface area contributed by atoms with Crippen LogP contribution in [0.5, 0.6) is 5.75 Å².